The van der Waals surface area contributed by atoms with Gasteiger partial charge in [-0.15, -0.1) is 11.3 Å². The van der Waals surface area contributed by atoms with Crippen LogP contribution in [0, 0.1) is 0 Å². The standard InChI is InChI=1S/C16H28N2OS/c1-6-12-13(11-17-15(2,3)4)20-14(18-12)16(5)9-7-8-10-19-16/h17H,6-11H2,1-5H3. The van der Waals surface area contributed by atoms with Crippen LogP contribution < -0.4 is 5.32 Å². The fraction of sp³-hybridized carbons (Fsp3) is 0.812. The van der Waals surface area contributed by atoms with Gasteiger partial charge in [0.2, 0.25) is 0 Å². The first-order chi connectivity index (χ1) is 9.34. The Bertz CT molecular complexity index is 442. The third-order valence-corrected chi connectivity index (χ3v) is 5.16. The summed E-state index contributed by atoms with van der Waals surface area (Å²) in [5, 5.41) is 4.74. The molecule has 0 bridgehead atoms. The van der Waals surface area contributed by atoms with E-state index in [1.54, 1.807) is 0 Å². The quantitative estimate of drug-likeness (QED) is 0.911. The Labute approximate surface area is 127 Å². The molecule has 1 atom stereocenters. The van der Waals surface area contributed by atoms with Gasteiger partial charge in [-0.2, -0.15) is 0 Å². The Morgan fingerprint density at radius 1 is 1.35 bits per heavy atom. The van der Waals surface area contributed by atoms with E-state index >= 15 is 0 Å². The highest BCUT2D eigenvalue weighted by Gasteiger charge is 2.34. The van der Waals surface area contributed by atoms with E-state index in [2.05, 4.69) is 39.9 Å². The minimum absolute atomic E-state index is 0.139. The van der Waals surface area contributed by atoms with E-state index in [1.165, 1.54) is 28.4 Å². The Morgan fingerprint density at radius 2 is 2.10 bits per heavy atom. The van der Waals surface area contributed by atoms with Crippen LogP contribution in [0.2, 0.25) is 0 Å². The summed E-state index contributed by atoms with van der Waals surface area (Å²) < 4.78 is 6.04. The maximum Gasteiger partial charge on any atom is 0.125 e. The van der Waals surface area contributed by atoms with E-state index in [9.17, 15) is 0 Å². The van der Waals surface area contributed by atoms with Crippen LogP contribution in [-0.4, -0.2) is 17.1 Å². The molecule has 0 radical (unpaired) electrons. The van der Waals surface area contributed by atoms with Crippen LogP contribution in [0.4, 0.5) is 0 Å². The van der Waals surface area contributed by atoms with E-state index in [1.807, 2.05) is 11.3 Å². The largest absolute Gasteiger partial charge is 0.368 e. The predicted molar refractivity (Wildman–Crippen MR) is 85.2 cm³/mol. The van der Waals surface area contributed by atoms with Gasteiger partial charge in [-0.05, 0) is 53.4 Å². The van der Waals surface area contributed by atoms with Crippen molar-refractivity contribution in [2.24, 2.45) is 0 Å². The summed E-state index contributed by atoms with van der Waals surface area (Å²) in [5.41, 5.74) is 1.21. The molecule has 1 unspecified atom stereocenters. The summed E-state index contributed by atoms with van der Waals surface area (Å²) in [6, 6.07) is 0. The second-order valence-corrected chi connectivity index (χ2v) is 7.97. The molecule has 0 aromatic carbocycles. The lowest BCUT2D eigenvalue weighted by molar-refractivity contribution is -0.0702. The van der Waals surface area contributed by atoms with Crippen LogP contribution in [-0.2, 0) is 23.3 Å². The number of thiazole rings is 1. The molecule has 1 fully saturated rings. The second kappa shape index (κ2) is 6.12. The molecule has 0 spiro atoms. The topological polar surface area (TPSA) is 34.1 Å². The molecular weight excluding hydrogens is 268 g/mol. The van der Waals surface area contributed by atoms with Crippen molar-refractivity contribution in [2.75, 3.05) is 6.61 Å². The molecule has 1 N–H and O–H groups in total. The van der Waals surface area contributed by atoms with Crippen LogP contribution >= 0.6 is 11.3 Å². The third kappa shape index (κ3) is 3.80. The molecule has 2 rings (SSSR count). The Kier molecular flexibility index (Phi) is 4.88. The molecule has 4 heteroatoms. The first-order valence-corrected chi connectivity index (χ1v) is 8.54. The van der Waals surface area contributed by atoms with Gasteiger partial charge in [-0.25, -0.2) is 4.98 Å². The van der Waals surface area contributed by atoms with Crippen molar-refractivity contribution in [3.8, 4) is 0 Å². The molecule has 1 aliphatic rings. The maximum atomic E-state index is 6.04. The van der Waals surface area contributed by atoms with Gasteiger partial charge in [0.25, 0.3) is 0 Å². The van der Waals surface area contributed by atoms with Gasteiger partial charge in [0.1, 0.15) is 10.6 Å². The lowest BCUT2D eigenvalue weighted by Crippen LogP contribution is -2.35. The zero-order valence-corrected chi connectivity index (χ0v) is 14.3. The zero-order valence-electron chi connectivity index (χ0n) is 13.5. The summed E-state index contributed by atoms with van der Waals surface area (Å²) in [5.74, 6) is 0. The molecular formula is C16H28N2OS. The summed E-state index contributed by atoms with van der Waals surface area (Å²) in [6.45, 7) is 12.8. The first-order valence-electron chi connectivity index (χ1n) is 7.72. The number of nitrogens with zero attached hydrogens (tertiary/aromatic N) is 1. The minimum atomic E-state index is -0.160. The van der Waals surface area contributed by atoms with E-state index in [4.69, 9.17) is 9.72 Å². The highest BCUT2D eigenvalue weighted by molar-refractivity contribution is 7.11. The minimum Gasteiger partial charge on any atom is -0.368 e. The van der Waals surface area contributed by atoms with Gasteiger partial charge in [0.05, 0.1) is 5.69 Å². The van der Waals surface area contributed by atoms with Crippen molar-refractivity contribution in [3.05, 3.63) is 15.6 Å². The average Bonchev–Trinajstić information content (AvgIpc) is 2.80. The fourth-order valence-corrected chi connectivity index (χ4v) is 3.69. The molecule has 1 aliphatic heterocycles. The summed E-state index contributed by atoms with van der Waals surface area (Å²) in [4.78, 5) is 6.25. The normalized spacial score (nSPS) is 24.1. The van der Waals surface area contributed by atoms with Gasteiger partial charge < -0.3 is 10.1 Å². The van der Waals surface area contributed by atoms with Crippen molar-refractivity contribution in [1.29, 1.82) is 0 Å². The smallest absolute Gasteiger partial charge is 0.125 e. The van der Waals surface area contributed by atoms with Crippen molar-refractivity contribution >= 4 is 11.3 Å². The fourth-order valence-electron chi connectivity index (χ4n) is 2.47. The van der Waals surface area contributed by atoms with E-state index < -0.39 is 0 Å². The number of nitrogens with one attached hydrogen (secondary N) is 1. The molecule has 20 heavy (non-hydrogen) atoms. The highest BCUT2D eigenvalue weighted by Crippen LogP contribution is 2.38. The zero-order chi connectivity index (χ0) is 14.8. The number of hydrogen-bond acceptors (Lipinski definition) is 4. The molecule has 1 aromatic heterocycles. The van der Waals surface area contributed by atoms with Crippen LogP contribution in [0.3, 0.4) is 0 Å². The molecule has 2 heterocycles. The summed E-state index contributed by atoms with van der Waals surface area (Å²) in [7, 11) is 0. The van der Waals surface area contributed by atoms with Crippen molar-refractivity contribution in [2.45, 2.75) is 78.0 Å². The Balaban J connectivity index is 2.17. The molecule has 0 aliphatic carbocycles. The van der Waals surface area contributed by atoms with E-state index in [0.29, 0.717) is 0 Å². The number of ether oxygens (including phenoxy) is 1. The number of rotatable bonds is 4. The predicted octanol–water partition coefficient (Wildman–Crippen LogP) is 4.01. The third-order valence-electron chi connectivity index (χ3n) is 3.81. The lowest BCUT2D eigenvalue weighted by atomic mass is 9.97. The number of aromatic nitrogens is 1. The summed E-state index contributed by atoms with van der Waals surface area (Å²) >= 11 is 1.83. The van der Waals surface area contributed by atoms with Gasteiger partial charge in [-0.1, -0.05) is 6.92 Å². The summed E-state index contributed by atoms with van der Waals surface area (Å²) in [6.07, 6.45) is 4.51. The van der Waals surface area contributed by atoms with Crippen LogP contribution in [0.5, 0.6) is 0 Å². The first kappa shape index (κ1) is 15.9. The van der Waals surface area contributed by atoms with Crippen LogP contribution in [0.25, 0.3) is 0 Å². The van der Waals surface area contributed by atoms with Crippen molar-refractivity contribution in [1.82, 2.24) is 10.3 Å². The van der Waals surface area contributed by atoms with E-state index in [-0.39, 0.29) is 11.1 Å². The SMILES string of the molecule is CCc1nc(C2(C)CCCCO2)sc1CNC(C)(C)C. The van der Waals surface area contributed by atoms with Crippen LogP contribution in [0.15, 0.2) is 0 Å². The lowest BCUT2D eigenvalue weighted by Gasteiger charge is -2.31. The van der Waals surface area contributed by atoms with Gasteiger partial charge >= 0.3 is 0 Å². The number of hydrogen-bond donors (Lipinski definition) is 1. The average molecular weight is 296 g/mol. The van der Waals surface area contributed by atoms with Crippen molar-refractivity contribution < 1.29 is 4.74 Å². The Morgan fingerprint density at radius 3 is 2.65 bits per heavy atom. The molecule has 0 saturated carbocycles. The van der Waals surface area contributed by atoms with Crippen molar-refractivity contribution in [3.63, 3.8) is 0 Å². The van der Waals surface area contributed by atoms with Gasteiger partial charge in [-0.3, -0.25) is 0 Å². The van der Waals surface area contributed by atoms with E-state index in [0.717, 1.165) is 26.0 Å². The van der Waals surface area contributed by atoms with Gasteiger partial charge in [0.15, 0.2) is 0 Å². The molecule has 3 nitrogen and oxygen atoms in total. The second-order valence-electron chi connectivity index (χ2n) is 6.88. The molecule has 1 saturated heterocycles. The monoisotopic (exact) mass is 296 g/mol. The number of aryl methyl sites for hydroxylation is 1. The van der Waals surface area contributed by atoms with Crippen LogP contribution in [0.1, 0.15) is 69.5 Å². The van der Waals surface area contributed by atoms with Gasteiger partial charge in [0, 0.05) is 23.6 Å². The molecule has 0 amide bonds. The maximum absolute atomic E-state index is 6.04. The highest BCUT2D eigenvalue weighted by atomic mass is 32.1. The Hall–Kier alpha value is -0.450. The molecule has 114 valence electrons. The molecule has 1 aromatic rings.